The Hall–Kier alpha value is -0.610. The Kier molecular flexibility index (Phi) is 5.22. The summed E-state index contributed by atoms with van der Waals surface area (Å²) in [5.41, 5.74) is 10.2. The summed E-state index contributed by atoms with van der Waals surface area (Å²) in [5.74, 6) is -0.403. The number of nitrogens with zero attached hydrogens (tertiary/aromatic N) is 1. The second-order valence-electron chi connectivity index (χ2n) is 5.14. The molecule has 0 spiro atoms. The van der Waals surface area contributed by atoms with Gasteiger partial charge in [0.2, 0.25) is 5.91 Å². The van der Waals surface area contributed by atoms with Crippen molar-refractivity contribution in [3.63, 3.8) is 0 Å². The van der Waals surface area contributed by atoms with Gasteiger partial charge < -0.3 is 16.4 Å². The van der Waals surface area contributed by atoms with Crippen LogP contribution in [0, 0.1) is 0 Å². The van der Waals surface area contributed by atoms with Crippen LogP contribution < -0.4 is 11.5 Å². The Bertz CT molecular complexity index is 220. The second kappa shape index (κ2) is 6.21. The highest BCUT2D eigenvalue weighted by Crippen LogP contribution is 2.12. The van der Waals surface area contributed by atoms with Gasteiger partial charge in [0, 0.05) is 6.54 Å². The number of likely N-dealkylation sites (tertiary alicyclic amines) is 1. The summed E-state index contributed by atoms with van der Waals surface area (Å²) in [4.78, 5) is 13.5. The van der Waals surface area contributed by atoms with Gasteiger partial charge in [0.05, 0.1) is 5.54 Å². The Morgan fingerprint density at radius 2 is 1.69 bits per heavy atom. The summed E-state index contributed by atoms with van der Waals surface area (Å²) < 4.78 is 0. The van der Waals surface area contributed by atoms with Gasteiger partial charge in [-0.2, -0.15) is 0 Å². The van der Waals surface area contributed by atoms with Crippen LogP contribution in [0.4, 0.5) is 0 Å². The van der Waals surface area contributed by atoms with E-state index in [1.54, 1.807) is 6.92 Å². The Morgan fingerprint density at radius 1 is 1.19 bits per heavy atom. The Balaban J connectivity index is 2.32. The van der Waals surface area contributed by atoms with Crippen LogP contribution >= 0.6 is 0 Å². The maximum atomic E-state index is 11.1. The van der Waals surface area contributed by atoms with E-state index in [4.69, 9.17) is 11.5 Å². The van der Waals surface area contributed by atoms with Crippen LogP contribution in [0.1, 0.15) is 45.4 Å². The van der Waals surface area contributed by atoms with Gasteiger partial charge in [-0.3, -0.25) is 4.79 Å². The Labute approximate surface area is 98.3 Å². The topological polar surface area (TPSA) is 72.3 Å². The van der Waals surface area contributed by atoms with Gasteiger partial charge in [0.1, 0.15) is 0 Å². The highest BCUT2D eigenvalue weighted by atomic mass is 16.1. The number of carbonyl (C=O) groups excluding carboxylic acids is 1. The monoisotopic (exact) mass is 227 g/mol. The zero-order chi connectivity index (χ0) is 12.0. The van der Waals surface area contributed by atoms with Crippen LogP contribution in [0.5, 0.6) is 0 Å². The quantitative estimate of drug-likeness (QED) is 0.747. The minimum absolute atomic E-state index is 0.403. The SMILES string of the molecule is CC(N)(CCN1CCCCCCC1)C(N)=O. The van der Waals surface area contributed by atoms with Gasteiger partial charge in [-0.1, -0.05) is 19.3 Å². The van der Waals surface area contributed by atoms with Gasteiger partial charge in [0.15, 0.2) is 0 Å². The molecular formula is C12H25N3O. The predicted octanol–water partition coefficient (Wildman–Crippen LogP) is 0.845. The molecule has 1 heterocycles. The molecule has 1 aliphatic heterocycles. The second-order valence-corrected chi connectivity index (χ2v) is 5.14. The number of primary amides is 1. The summed E-state index contributed by atoms with van der Waals surface area (Å²) in [6.07, 6.45) is 7.19. The van der Waals surface area contributed by atoms with Crippen molar-refractivity contribution in [1.82, 2.24) is 4.90 Å². The third-order valence-corrected chi connectivity index (χ3v) is 3.46. The Morgan fingerprint density at radius 3 is 2.19 bits per heavy atom. The van der Waals surface area contributed by atoms with Crippen LogP contribution in [-0.2, 0) is 4.79 Å². The van der Waals surface area contributed by atoms with Gasteiger partial charge >= 0.3 is 0 Å². The summed E-state index contributed by atoms with van der Waals surface area (Å²) in [6.45, 7) is 4.87. The number of hydrogen-bond acceptors (Lipinski definition) is 3. The summed E-state index contributed by atoms with van der Waals surface area (Å²) in [5, 5.41) is 0. The van der Waals surface area contributed by atoms with Crippen LogP contribution in [0.15, 0.2) is 0 Å². The third-order valence-electron chi connectivity index (χ3n) is 3.46. The molecule has 0 aromatic carbocycles. The van der Waals surface area contributed by atoms with E-state index in [1.807, 2.05) is 0 Å². The first-order valence-corrected chi connectivity index (χ1v) is 6.33. The molecule has 94 valence electrons. The molecule has 4 N–H and O–H groups in total. The summed E-state index contributed by atoms with van der Waals surface area (Å²) >= 11 is 0. The minimum Gasteiger partial charge on any atom is -0.368 e. The lowest BCUT2D eigenvalue weighted by Gasteiger charge is -2.28. The van der Waals surface area contributed by atoms with Crippen LogP contribution in [0.3, 0.4) is 0 Å². The molecule has 4 nitrogen and oxygen atoms in total. The number of nitrogens with two attached hydrogens (primary N) is 2. The van der Waals surface area contributed by atoms with E-state index in [2.05, 4.69) is 4.90 Å². The fourth-order valence-corrected chi connectivity index (χ4v) is 2.05. The molecule has 1 rings (SSSR count). The van der Waals surface area contributed by atoms with E-state index < -0.39 is 11.4 Å². The molecule has 0 aliphatic carbocycles. The van der Waals surface area contributed by atoms with Crippen molar-refractivity contribution in [2.75, 3.05) is 19.6 Å². The highest BCUT2D eigenvalue weighted by molar-refractivity contribution is 5.83. The van der Waals surface area contributed by atoms with Crippen molar-refractivity contribution >= 4 is 5.91 Å². The van der Waals surface area contributed by atoms with E-state index in [1.165, 1.54) is 32.1 Å². The van der Waals surface area contributed by atoms with Gasteiger partial charge in [-0.05, 0) is 39.3 Å². The van der Waals surface area contributed by atoms with E-state index in [-0.39, 0.29) is 0 Å². The minimum atomic E-state index is -0.859. The molecule has 1 unspecified atom stereocenters. The molecule has 1 aliphatic rings. The molecule has 1 saturated heterocycles. The fourth-order valence-electron chi connectivity index (χ4n) is 2.05. The standard InChI is InChI=1S/C12H25N3O/c1-12(14,11(13)16)7-10-15-8-5-3-2-4-6-9-15/h2-10,14H2,1H3,(H2,13,16). The first-order valence-electron chi connectivity index (χ1n) is 6.33. The average Bonchev–Trinajstić information content (AvgIpc) is 2.15. The molecule has 0 saturated carbocycles. The van der Waals surface area contributed by atoms with E-state index in [0.717, 1.165) is 19.6 Å². The van der Waals surface area contributed by atoms with Gasteiger partial charge in [-0.15, -0.1) is 0 Å². The number of hydrogen-bond donors (Lipinski definition) is 2. The summed E-state index contributed by atoms with van der Waals surface area (Å²) in [7, 11) is 0. The first-order chi connectivity index (χ1) is 7.52. The molecule has 0 bridgehead atoms. The van der Waals surface area contributed by atoms with Crippen molar-refractivity contribution < 1.29 is 4.79 Å². The van der Waals surface area contributed by atoms with Crippen LogP contribution in [0.2, 0.25) is 0 Å². The highest BCUT2D eigenvalue weighted by Gasteiger charge is 2.26. The zero-order valence-electron chi connectivity index (χ0n) is 10.4. The van der Waals surface area contributed by atoms with E-state index in [9.17, 15) is 4.79 Å². The normalized spacial score (nSPS) is 23.1. The number of amides is 1. The molecule has 0 aromatic heterocycles. The molecule has 16 heavy (non-hydrogen) atoms. The zero-order valence-corrected chi connectivity index (χ0v) is 10.4. The molecule has 0 radical (unpaired) electrons. The molecule has 1 atom stereocenters. The van der Waals surface area contributed by atoms with Crippen LogP contribution in [-0.4, -0.2) is 36.0 Å². The predicted molar refractivity (Wildman–Crippen MR) is 65.9 cm³/mol. The third kappa shape index (κ3) is 4.49. The van der Waals surface area contributed by atoms with Crippen molar-refractivity contribution in [2.45, 2.75) is 51.0 Å². The molecule has 4 heteroatoms. The average molecular weight is 227 g/mol. The first kappa shape index (κ1) is 13.5. The van der Waals surface area contributed by atoms with Gasteiger partial charge in [0.25, 0.3) is 0 Å². The van der Waals surface area contributed by atoms with Gasteiger partial charge in [-0.25, -0.2) is 0 Å². The smallest absolute Gasteiger partial charge is 0.237 e. The fraction of sp³-hybridized carbons (Fsp3) is 0.917. The number of carbonyl (C=O) groups is 1. The van der Waals surface area contributed by atoms with E-state index >= 15 is 0 Å². The maximum Gasteiger partial charge on any atom is 0.237 e. The van der Waals surface area contributed by atoms with Crippen molar-refractivity contribution in [3.05, 3.63) is 0 Å². The number of rotatable bonds is 4. The van der Waals surface area contributed by atoms with Crippen molar-refractivity contribution in [3.8, 4) is 0 Å². The largest absolute Gasteiger partial charge is 0.368 e. The van der Waals surface area contributed by atoms with E-state index in [0.29, 0.717) is 6.42 Å². The lowest BCUT2D eigenvalue weighted by Crippen LogP contribution is -2.51. The maximum absolute atomic E-state index is 11.1. The van der Waals surface area contributed by atoms with Crippen LogP contribution in [0.25, 0.3) is 0 Å². The molecule has 1 fully saturated rings. The summed E-state index contributed by atoms with van der Waals surface area (Å²) in [6, 6.07) is 0. The molecule has 1 amide bonds. The lowest BCUT2D eigenvalue weighted by molar-refractivity contribution is -0.122. The molecule has 0 aromatic rings. The molecular weight excluding hydrogens is 202 g/mol. The lowest BCUT2D eigenvalue weighted by atomic mass is 9.98. The van der Waals surface area contributed by atoms with Crippen molar-refractivity contribution in [1.29, 1.82) is 0 Å². The van der Waals surface area contributed by atoms with Crippen molar-refractivity contribution in [2.24, 2.45) is 11.5 Å².